The van der Waals surface area contributed by atoms with Gasteiger partial charge in [-0.25, -0.2) is 0 Å². The van der Waals surface area contributed by atoms with E-state index in [1.165, 1.54) is 11.1 Å². The normalized spacial score (nSPS) is 13.9. The van der Waals surface area contributed by atoms with Crippen LogP contribution in [0.4, 0.5) is 0 Å². The highest BCUT2D eigenvalue weighted by molar-refractivity contribution is 5.26. The average molecular weight is 250 g/mol. The summed E-state index contributed by atoms with van der Waals surface area (Å²) in [6, 6.07) is 8.20. The van der Waals surface area contributed by atoms with Crippen molar-refractivity contribution in [1.29, 1.82) is 0 Å². The fourth-order valence-electron chi connectivity index (χ4n) is 1.84. The van der Waals surface area contributed by atoms with E-state index in [1.54, 1.807) is 0 Å². The summed E-state index contributed by atoms with van der Waals surface area (Å²) in [4.78, 5) is 2.14. The van der Waals surface area contributed by atoms with Gasteiger partial charge in [-0.05, 0) is 23.6 Å². The Kier molecular flexibility index (Phi) is 5.32. The highest BCUT2D eigenvalue weighted by Crippen LogP contribution is 2.20. The Hall–Kier alpha value is -0.900. The summed E-state index contributed by atoms with van der Waals surface area (Å²) in [6.45, 7) is 8.22. The maximum absolute atomic E-state index is 10.1. The van der Waals surface area contributed by atoms with Crippen molar-refractivity contribution in [2.45, 2.75) is 40.0 Å². The van der Waals surface area contributed by atoms with Crippen LogP contribution in [0.2, 0.25) is 0 Å². The van der Waals surface area contributed by atoms with Crippen molar-refractivity contribution >= 4 is 0 Å². The van der Waals surface area contributed by atoms with E-state index >= 15 is 0 Å². The van der Waals surface area contributed by atoms with Gasteiger partial charge in [0.25, 0.3) is 0 Å². The second-order valence-corrected chi connectivity index (χ2v) is 6.05. The second kappa shape index (κ2) is 6.32. The summed E-state index contributed by atoms with van der Waals surface area (Å²) < 4.78 is 0. The SMILES string of the molecule is CN(Cc1ccccc1CN)CC(O)C(C)(C)C. The van der Waals surface area contributed by atoms with Crippen LogP contribution in [-0.2, 0) is 13.1 Å². The van der Waals surface area contributed by atoms with E-state index in [9.17, 15) is 5.11 Å². The molecule has 102 valence electrons. The van der Waals surface area contributed by atoms with E-state index in [-0.39, 0.29) is 11.5 Å². The van der Waals surface area contributed by atoms with E-state index in [1.807, 2.05) is 19.2 Å². The number of aliphatic hydroxyl groups is 1. The van der Waals surface area contributed by atoms with Gasteiger partial charge in [-0.2, -0.15) is 0 Å². The Balaban J connectivity index is 2.62. The van der Waals surface area contributed by atoms with E-state index in [4.69, 9.17) is 5.73 Å². The summed E-state index contributed by atoms with van der Waals surface area (Å²) in [6.07, 6.45) is -0.326. The molecule has 0 fully saturated rings. The van der Waals surface area contributed by atoms with Crippen LogP contribution in [0.5, 0.6) is 0 Å². The molecule has 1 atom stereocenters. The zero-order chi connectivity index (χ0) is 13.8. The van der Waals surface area contributed by atoms with E-state index in [0.717, 1.165) is 6.54 Å². The van der Waals surface area contributed by atoms with Crippen molar-refractivity contribution < 1.29 is 5.11 Å². The van der Waals surface area contributed by atoms with Crippen molar-refractivity contribution in [2.75, 3.05) is 13.6 Å². The minimum atomic E-state index is -0.326. The van der Waals surface area contributed by atoms with Crippen LogP contribution in [-0.4, -0.2) is 29.7 Å². The molecule has 1 unspecified atom stereocenters. The number of nitrogens with two attached hydrogens (primary N) is 1. The van der Waals surface area contributed by atoms with Crippen LogP contribution in [0, 0.1) is 5.41 Å². The first-order valence-corrected chi connectivity index (χ1v) is 6.48. The van der Waals surface area contributed by atoms with E-state index in [2.05, 4.69) is 37.8 Å². The molecule has 0 saturated heterocycles. The Labute approximate surface area is 111 Å². The zero-order valence-corrected chi connectivity index (χ0v) is 12.0. The van der Waals surface area contributed by atoms with Crippen LogP contribution in [0.25, 0.3) is 0 Å². The lowest BCUT2D eigenvalue weighted by Crippen LogP contribution is -2.37. The number of hydrogen-bond acceptors (Lipinski definition) is 3. The lowest BCUT2D eigenvalue weighted by Gasteiger charge is -2.30. The largest absolute Gasteiger partial charge is 0.391 e. The van der Waals surface area contributed by atoms with Gasteiger partial charge >= 0.3 is 0 Å². The molecule has 3 nitrogen and oxygen atoms in total. The molecule has 0 heterocycles. The van der Waals surface area contributed by atoms with Gasteiger partial charge in [0, 0.05) is 19.6 Å². The van der Waals surface area contributed by atoms with Crippen molar-refractivity contribution in [3.8, 4) is 0 Å². The molecule has 0 bridgehead atoms. The highest BCUT2D eigenvalue weighted by Gasteiger charge is 2.23. The number of likely N-dealkylation sites (N-methyl/N-ethyl adjacent to an activating group) is 1. The minimum Gasteiger partial charge on any atom is -0.391 e. The highest BCUT2D eigenvalue weighted by atomic mass is 16.3. The third-order valence-corrected chi connectivity index (χ3v) is 3.26. The molecule has 1 aromatic rings. The zero-order valence-electron chi connectivity index (χ0n) is 12.0. The average Bonchev–Trinajstić information content (AvgIpc) is 2.28. The fourth-order valence-corrected chi connectivity index (χ4v) is 1.84. The van der Waals surface area contributed by atoms with E-state index < -0.39 is 0 Å². The van der Waals surface area contributed by atoms with Gasteiger partial charge in [-0.3, -0.25) is 4.90 Å². The molecule has 0 aromatic heterocycles. The molecule has 3 heteroatoms. The Bertz CT molecular complexity index is 371. The van der Waals surface area contributed by atoms with E-state index in [0.29, 0.717) is 13.1 Å². The molecule has 0 saturated carbocycles. The molecule has 0 amide bonds. The summed E-state index contributed by atoms with van der Waals surface area (Å²) in [5.41, 5.74) is 8.06. The van der Waals surface area contributed by atoms with Gasteiger partial charge in [-0.15, -0.1) is 0 Å². The minimum absolute atomic E-state index is 0.0817. The molecule has 0 aliphatic heterocycles. The van der Waals surface area contributed by atoms with Crippen molar-refractivity contribution in [3.05, 3.63) is 35.4 Å². The first-order valence-electron chi connectivity index (χ1n) is 6.48. The molecule has 1 aromatic carbocycles. The lowest BCUT2D eigenvalue weighted by molar-refractivity contribution is 0.0333. The topological polar surface area (TPSA) is 49.5 Å². The predicted octanol–water partition coefficient (Wildman–Crippen LogP) is 1.98. The van der Waals surface area contributed by atoms with Gasteiger partial charge < -0.3 is 10.8 Å². The number of hydrogen-bond donors (Lipinski definition) is 2. The number of aliphatic hydroxyl groups excluding tert-OH is 1. The molecule has 18 heavy (non-hydrogen) atoms. The molecule has 0 radical (unpaired) electrons. The van der Waals surface area contributed by atoms with Crippen molar-refractivity contribution in [2.24, 2.45) is 11.1 Å². The first-order chi connectivity index (χ1) is 8.34. The quantitative estimate of drug-likeness (QED) is 0.840. The predicted molar refractivity (Wildman–Crippen MR) is 76.1 cm³/mol. The lowest BCUT2D eigenvalue weighted by atomic mass is 9.89. The van der Waals surface area contributed by atoms with Crippen LogP contribution in [0.15, 0.2) is 24.3 Å². The maximum Gasteiger partial charge on any atom is 0.0715 e. The van der Waals surface area contributed by atoms with Gasteiger partial charge in [0.1, 0.15) is 0 Å². The number of benzene rings is 1. The van der Waals surface area contributed by atoms with Gasteiger partial charge in [-0.1, -0.05) is 45.0 Å². The van der Waals surface area contributed by atoms with Crippen LogP contribution in [0.3, 0.4) is 0 Å². The van der Waals surface area contributed by atoms with Crippen molar-refractivity contribution in [1.82, 2.24) is 4.90 Å². The van der Waals surface area contributed by atoms with Crippen molar-refractivity contribution in [3.63, 3.8) is 0 Å². The maximum atomic E-state index is 10.1. The molecule has 0 aliphatic rings. The smallest absolute Gasteiger partial charge is 0.0715 e. The summed E-state index contributed by atoms with van der Waals surface area (Å²) >= 11 is 0. The molecule has 0 aliphatic carbocycles. The Morgan fingerprint density at radius 3 is 2.28 bits per heavy atom. The standard InChI is InChI=1S/C15H26N2O/c1-15(2,3)14(18)11-17(4)10-13-8-6-5-7-12(13)9-16/h5-8,14,18H,9-11,16H2,1-4H3. The van der Waals surface area contributed by atoms with Crippen LogP contribution >= 0.6 is 0 Å². The first kappa shape index (κ1) is 15.2. The van der Waals surface area contributed by atoms with Crippen LogP contribution in [0.1, 0.15) is 31.9 Å². The molecular weight excluding hydrogens is 224 g/mol. The Morgan fingerprint density at radius 2 is 1.78 bits per heavy atom. The Morgan fingerprint density at radius 1 is 1.22 bits per heavy atom. The summed E-state index contributed by atoms with van der Waals surface area (Å²) in [5, 5.41) is 10.1. The molecule has 3 N–H and O–H groups in total. The van der Waals surface area contributed by atoms with Gasteiger partial charge in [0.15, 0.2) is 0 Å². The monoisotopic (exact) mass is 250 g/mol. The molecular formula is C15H26N2O. The number of nitrogens with zero attached hydrogens (tertiary/aromatic N) is 1. The third kappa shape index (κ3) is 4.41. The number of rotatable bonds is 5. The second-order valence-electron chi connectivity index (χ2n) is 6.05. The van der Waals surface area contributed by atoms with Gasteiger partial charge in [0.2, 0.25) is 0 Å². The summed E-state index contributed by atoms with van der Waals surface area (Å²) in [7, 11) is 2.03. The molecule has 0 spiro atoms. The fraction of sp³-hybridized carbons (Fsp3) is 0.600. The molecule has 1 rings (SSSR count). The summed E-state index contributed by atoms with van der Waals surface area (Å²) in [5.74, 6) is 0. The van der Waals surface area contributed by atoms with Crippen LogP contribution < -0.4 is 5.73 Å². The third-order valence-electron chi connectivity index (χ3n) is 3.26. The van der Waals surface area contributed by atoms with Gasteiger partial charge in [0.05, 0.1) is 6.10 Å².